The maximum atomic E-state index is 13.1. The maximum Gasteiger partial charge on any atom is 0.325 e. The van der Waals surface area contributed by atoms with Gasteiger partial charge >= 0.3 is 5.97 Å². The maximum absolute atomic E-state index is 13.1. The molecule has 0 fully saturated rings. The predicted molar refractivity (Wildman–Crippen MR) is 42.5 cm³/mol. The Hall–Kier alpha value is -1.76. The van der Waals surface area contributed by atoms with Crippen molar-refractivity contribution in [2.75, 3.05) is 0 Å². The lowest BCUT2D eigenvalue weighted by molar-refractivity contribution is -0.138. The van der Waals surface area contributed by atoms with Crippen LogP contribution in [0.4, 0.5) is 13.2 Å². The van der Waals surface area contributed by atoms with Gasteiger partial charge in [-0.15, -0.1) is 0 Å². The summed E-state index contributed by atoms with van der Waals surface area (Å²) in [6.07, 6.45) is 0. The summed E-state index contributed by atoms with van der Waals surface area (Å²) in [7, 11) is 0. The molecule has 82 valence electrons. The first-order valence-electron chi connectivity index (χ1n) is 3.71. The molecule has 4 N–H and O–H groups in total. The van der Waals surface area contributed by atoms with Gasteiger partial charge in [0.05, 0.1) is 0 Å². The minimum absolute atomic E-state index is 0.295. The molecule has 0 aromatic heterocycles. The van der Waals surface area contributed by atoms with Crippen molar-refractivity contribution in [2.24, 2.45) is 5.73 Å². The molecule has 0 aliphatic carbocycles. The number of phenolic OH excluding ortho intramolecular Hbond substituents is 1. The summed E-state index contributed by atoms with van der Waals surface area (Å²) in [6, 6.07) is -1.57. The van der Waals surface area contributed by atoms with Gasteiger partial charge in [-0.1, -0.05) is 0 Å². The second kappa shape index (κ2) is 3.77. The van der Waals surface area contributed by atoms with E-state index in [1.807, 2.05) is 0 Å². The van der Waals surface area contributed by atoms with Gasteiger partial charge in [0, 0.05) is 5.56 Å². The monoisotopic (exact) mass is 221 g/mol. The molecule has 1 aromatic rings. The molecule has 0 amide bonds. The number of benzene rings is 1. The van der Waals surface area contributed by atoms with Crippen LogP contribution >= 0.6 is 0 Å². The lowest BCUT2D eigenvalue weighted by atomic mass is 10.1. The molecule has 15 heavy (non-hydrogen) atoms. The molecule has 0 aliphatic rings. The summed E-state index contributed by atoms with van der Waals surface area (Å²) in [6.45, 7) is 0. The molecule has 0 saturated carbocycles. The summed E-state index contributed by atoms with van der Waals surface area (Å²) >= 11 is 0. The van der Waals surface area contributed by atoms with Crippen molar-refractivity contribution < 1.29 is 28.2 Å². The Balaban J connectivity index is 3.38. The Kier molecular flexibility index (Phi) is 2.85. The van der Waals surface area contributed by atoms with E-state index >= 15 is 0 Å². The molecule has 0 spiro atoms. The standard InChI is InChI=1S/C8H6F3NO3/c9-3-1-2(6(12)8(14)15)4(10)7(13)5(3)11/h1,6,13H,12H2,(H,14,15)/t6-/m0/s1. The first-order valence-corrected chi connectivity index (χ1v) is 3.71. The van der Waals surface area contributed by atoms with Crippen LogP contribution < -0.4 is 5.73 Å². The summed E-state index contributed by atoms with van der Waals surface area (Å²) in [4.78, 5) is 10.4. The first kappa shape index (κ1) is 11.3. The van der Waals surface area contributed by atoms with Gasteiger partial charge in [0.2, 0.25) is 5.82 Å². The van der Waals surface area contributed by atoms with Crippen LogP contribution in [0.25, 0.3) is 0 Å². The van der Waals surface area contributed by atoms with E-state index in [2.05, 4.69) is 0 Å². The summed E-state index contributed by atoms with van der Waals surface area (Å²) in [5, 5.41) is 17.2. The molecule has 0 bridgehead atoms. The average Bonchev–Trinajstić information content (AvgIpc) is 2.19. The summed E-state index contributed by atoms with van der Waals surface area (Å²) < 4.78 is 38.3. The van der Waals surface area contributed by atoms with E-state index in [0.29, 0.717) is 6.07 Å². The molecule has 0 aliphatic heterocycles. The molecule has 0 saturated heterocycles. The van der Waals surface area contributed by atoms with Crippen LogP contribution in [0.15, 0.2) is 6.07 Å². The molecule has 0 radical (unpaired) electrons. The van der Waals surface area contributed by atoms with Gasteiger partial charge in [-0.25, -0.2) is 8.78 Å². The lowest BCUT2D eigenvalue weighted by Crippen LogP contribution is -2.22. The van der Waals surface area contributed by atoms with Crippen LogP contribution in [0, 0.1) is 17.5 Å². The second-order valence-electron chi connectivity index (χ2n) is 2.74. The van der Waals surface area contributed by atoms with Crippen LogP contribution in [0.5, 0.6) is 5.75 Å². The Bertz CT molecular complexity index is 422. The van der Waals surface area contributed by atoms with Crippen molar-refractivity contribution in [2.45, 2.75) is 6.04 Å². The fourth-order valence-electron chi connectivity index (χ4n) is 0.969. The topological polar surface area (TPSA) is 83.6 Å². The number of aliphatic carboxylic acids is 1. The zero-order valence-electron chi connectivity index (χ0n) is 7.17. The van der Waals surface area contributed by atoms with Crippen LogP contribution in [-0.2, 0) is 4.79 Å². The minimum atomic E-state index is -1.87. The first-order chi connectivity index (χ1) is 6.86. The SMILES string of the molecule is N[C@H](C(=O)O)c1cc(F)c(F)c(O)c1F. The highest BCUT2D eigenvalue weighted by Gasteiger charge is 2.25. The highest BCUT2D eigenvalue weighted by atomic mass is 19.2. The molecule has 4 nitrogen and oxygen atoms in total. The van der Waals surface area contributed by atoms with E-state index in [1.165, 1.54) is 0 Å². The largest absolute Gasteiger partial charge is 0.503 e. The molecule has 7 heteroatoms. The highest BCUT2D eigenvalue weighted by Crippen LogP contribution is 2.28. The zero-order chi connectivity index (χ0) is 11.7. The Morgan fingerprint density at radius 2 is 1.87 bits per heavy atom. The molecular weight excluding hydrogens is 215 g/mol. The number of hydrogen-bond donors (Lipinski definition) is 3. The number of carbonyl (C=O) groups is 1. The number of hydrogen-bond acceptors (Lipinski definition) is 3. The fourth-order valence-corrected chi connectivity index (χ4v) is 0.969. The summed E-state index contributed by atoms with van der Waals surface area (Å²) in [5.41, 5.74) is 4.17. The van der Waals surface area contributed by atoms with Crippen LogP contribution in [0.3, 0.4) is 0 Å². The van der Waals surface area contributed by atoms with Gasteiger partial charge in [0.15, 0.2) is 17.4 Å². The van der Waals surface area contributed by atoms with Crippen LogP contribution in [0.1, 0.15) is 11.6 Å². The van der Waals surface area contributed by atoms with Gasteiger partial charge in [-0.3, -0.25) is 4.79 Å². The predicted octanol–water partition coefficient (Wildman–Crippen LogP) is 0.894. The second-order valence-corrected chi connectivity index (χ2v) is 2.74. The van der Waals surface area contributed by atoms with Gasteiger partial charge in [0.25, 0.3) is 0 Å². The van der Waals surface area contributed by atoms with Gasteiger partial charge < -0.3 is 15.9 Å². The molecule has 1 rings (SSSR count). The van der Waals surface area contributed by atoms with Crippen LogP contribution in [0.2, 0.25) is 0 Å². The Labute approximate surface area is 81.7 Å². The Morgan fingerprint density at radius 1 is 1.33 bits per heavy atom. The van der Waals surface area contributed by atoms with Crippen molar-refractivity contribution >= 4 is 5.97 Å². The van der Waals surface area contributed by atoms with E-state index in [1.54, 1.807) is 0 Å². The molecule has 0 heterocycles. The number of carboxylic acids is 1. The third kappa shape index (κ3) is 1.86. The number of nitrogens with two attached hydrogens (primary N) is 1. The van der Waals surface area contributed by atoms with E-state index in [9.17, 15) is 18.0 Å². The minimum Gasteiger partial charge on any atom is -0.503 e. The highest BCUT2D eigenvalue weighted by molar-refractivity contribution is 5.75. The van der Waals surface area contributed by atoms with Crippen molar-refractivity contribution in [1.29, 1.82) is 0 Å². The van der Waals surface area contributed by atoms with Crippen molar-refractivity contribution in [3.05, 3.63) is 29.1 Å². The molecule has 0 unspecified atom stereocenters. The van der Waals surface area contributed by atoms with Crippen molar-refractivity contribution in [1.82, 2.24) is 0 Å². The third-order valence-electron chi connectivity index (χ3n) is 1.76. The van der Waals surface area contributed by atoms with Gasteiger partial charge in [0.1, 0.15) is 6.04 Å². The van der Waals surface area contributed by atoms with Crippen molar-refractivity contribution in [3.8, 4) is 5.75 Å². The number of carboxylic acid groups (broad SMARTS) is 1. The number of phenols is 1. The van der Waals surface area contributed by atoms with E-state index < -0.39 is 40.8 Å². The molecule has 1 atom stereocenters. The number of aromatic hydroxyl groups is 1. The van der Waals surface area contributed by atoms with Gasteiger partial charge in [-0.2, -0.15) is 4.39 Å². The van der Waals surface area contributed by atoms with Crippen LogP contribution in [-0.4, -0.2) is 16.2 Å². The lowest BCUT2D eigenvalue weighted by Gasteiger charge is -2.09. The van der Waals surface area contributed by atoms with Gasteiger partial charge in [-0.05, 0) is 6.07 Å². The van der Waals surface area contributed by atoms with E-state index in [-0.39, 0.29) is 0 Å². The molecular formula is C8H6F3NO3. The normalized spacial score (nSPS) is 12.5. The molecule has 1 aromatic carbocycles. The average molecular weight is 221 g/mol. The summed E-state index contributed by atoms with van der Waals surface area (Å²) in [5.74, 6) is -8.14. The smallest absolute Gasteiger partial charge is 0.325 e. The van der Waals surface area contributed by atoms with Crippen molar-refractivity contribution in [3.63, 3.8) is 0 Å². The zero-order valence-corrected chi connectivity index (χ0v) is 7.17. The van der Waals surface area contributed by atoms with E-state index in [0.717, 1.165) is 0 Å². The fraction of sp³-hybridized carbons (Fsp3) is 0.125. The Morgan fingerprint density at radius 3 is 2.33 bits per heavy atom. The number of halogens is 3. The quantitative estimate of drug-likeness (QED) is 0.647. The number of rotatable bonds is 2. The third-order valence-corrected chi connectivity index (χ3v) is 1.76. The van der Waals surface area contributed by atoms with E-state index in [4.69, 9.17) is 15.9 Å².